The molecule has 2 heterocycles. The second-order valence-electron chi connectivity index (χ2n) is 6.95. The molecule has 11 heteroatoms. The van der Waals surface area contributed by atoms with E-state index in [4.69, 9.17) is 0 Å². The molecular formula is C19H28N4O5S2. The molecule has 0 aliphatic rings. The van der Waals surface area contributed by atoms with Crippen molar-refractivity contribution in [1.82, 2.24) is 15.3 Å². The Morgan fingerprint density at radius 2 is 2.07 bits per heavy atom. The molecule has 1 atom stereocenters. The molecule has 2 rings (SSSR count). The molecule has 0 saturated carbocycles. The Hall–Kier alpha value is -2.40. The fourth-order valence-electron chi connectivity index (χ4n) is 2.87. The van der Waals surface area contributed by atoms with E-state index in [9.17, 15) is 23.1 Å². The van der Waals surface area contributed by atoms with Gasteiger partial charge >= 0.3 is 0 Å². The van der Waals surface area contributed by atoms with E-state index in [0.717, 1.165) is 37.0 Å². The zero-order valence-corrected chi connectivity index (χ0v) is 18.7. The highest BCUT2D eigenvalue weighted by Gasteiger charge is 2.19. The molecule has 0 radical (unpaired) electrons. The first-order chi connectivity index (χ1) is 14.3. The van der Waals surface area contributed by atoms with Crippen LogP contribution in [0.5, 0.6) is 5.75 Å². The minimum Gasteiger partial charge on any atom is -0.503 e. The molecule has 4 N–H and O–H groups in total. The highest BCUT2D eigenvalue weighted by Crippen LogP contribution is 2.19. The predicted octanol–water partition coefficient (Wildman–Crippen LogP) is 2.61. The molecule has 0 aliphatic carbocycles. The van der Waals surface area contributed by atoms with Crippen molar-refractivity contribution in [3.63, 3.8) is 0 Å². The first kappa shape index (κ1) is 23.9. The quantitative estimate of drug-likeness (QED) is 0.362. The van der Waals surface area contributed by atoms with Gasteiger partial charge in [-0.2, -0.15) is 0 Å². The highest BCUT2D eigenvalue weighted by atomic mass is 32.2. The molecule has 9 nitrogen and oxygen atoms in total. The maximum Gasteiger partial charge on any atom is 0.290 e. The third-order valence-corrected chi connectivity index (χ3v) is 6.74. The van der Waals surface area contributed by atoms with Gasteiger partial charge in [-0.3, -0.25) is 14.3 Å². The molecule has 30 heavy (non-hydrogen) atoms. The zero-order valence-electron chi connectivity index (χ0n) is 17.1. The summed E-state index contributed by atoms with van der Waals surface area (Å²) in [5.74, 6) is -0.874. The van der Waals surface area contributed by atoms with Gasteiger partial charge in [-0.05, 0) is 25.8 Å². The number of aromatic amines is 1. The number of amides is 1. The second-order valence-corrected chi connectivity index (χ2v) is 9.82. The number of hydrogen-bond acceptors (Lipinski definition) is 7. The van der Waals surface area contributed by atoms with Crippen molar-refractivity contribution in [3.05, 3.63) is 39.3 Å². The maximum absolute atomic E-state index is 12.7. The molecule has 1 amide bonds. The summed E-state index contributed by atoms with van der Waals surface area (Å²) in [6.45, 7) is 3.62. The summed E-state index contributed by atoms with van der Waals surface area (Å²) >= 11 is 1.03. The minimum absolute atomic E-state index is 0.0896. The van der Waals surface area contributed by atoms with Crippen LogP contribution in [-0.4, -0.2) is 41.2 Å². The number of rotatable bonds is 12. The van der Waals surface area contributed by atoms with E-state index in [1.54, 1.807) is 6.07 Å². The average molecular weight is 457 g/mol. The van der Waals surface area contributed by atoms with Crippen LogP contribution in [0.3, 0.4) is 0 Å². The standard InChI is InChI=1S/C19H28N4O5S2/c1-3-5-6-7-8-14(11-13-9-10-20-18(26)16(13)24)21-17(25)15-12-29-19(22-15)23-30(27,28)4-2/h9-10,12,14,24H,3-8,11H2,1-2H3,(H,20,26)(H,21,25)(H,22,23). The molecule has 0 fully saturated rings. The van der Waals surface area contributed by atoms with Crippen molar-refractivity contribution in [2.45, 2.75) is 58.4 Å². The number of carbonyl (C=O) groups is 1. The average Bonchev–Trinajstić information content (AvgIpc) is 3.16. The number of nitrogens with zero attached hydrogens (tertiary/aromatic N) is 1. The Kier molecular flexibility index (Phi) is 8.85. The molecule has 2 aromatic heterocycles. The molecule has 166 valence electrons. The molecule has 0 spiro atoms. The van der Waals surface area contributed by atoms with Crippen molar-refractivity contribution < 1.29 is 18.3 Å². The predicted molar refractivity (Wildman–Crippen MR) is 118 cm³/mol. The van der Waals surface area contributed by atoms with Crippen LogP contribution in [0.15, 0.2) is 22.4 Å². The molecule has 2 aromatic rings. The lowest BCUT2D eigenvalue weighted by molar-refractivity contribution is 0.0929. The lowest BCUT2D eigenvalue weighted by atomic mass is 10.00. The first-order valence-electron chi connectivity index (χ1n) is 9.92. The van der Waals surface area contributed by atoms with Crippen molar-refractivity contribution in [1.29, 1.82) is 0 Å². The smallest absolute Gasteiger partial charge is 0.290 e. The van der Waals surface area contributed by atoms with E-state index >= 15 is 0 Å². The van der Waals surface area contributed by atoms with Gasteiger partial charge in [0.15, 0.2) is 10.9 Å². The summed E-state index contributed by atoms with van der Waals surface area (Å²) in [5.41, 5.74) is -0.00684. The monoisotopic (exact) mass is 456 g/mol. The third kappa shape index (κ3) is 7.13. The van der Waals surface area contributed by atoms with E-state index in [0.29, 0.717) is 18.4 Å². The number of unbranched alkanes of at least 4 members (excludes halogenated alkanes) is 3. The van der Waals surface area contributed by atoms with E-state index in [2.05, 4.69) is 26.9 Å². The summed E-state index contributed by atoms with van der Waals surface area (Å²) in [6, 6.07) is 1.31. The van der Waals surface area contributed by atoms with Crippen molar-refractivity contribution in [3.8, 4) is 5.75 Å². The Labute approximate surface area is 180 Å². The Balaban J connectivity index is 2.10. The minimum atomic E-state index is -3.47. The van der Waals surface area contributed by atoms with Crippen LogP contribution in [0.1, 0.15) is 62.0 Å². The SMILES string of the molecule is CCCCCCC(Cc1cc[nH]c(=O)c1O)NC(=O)c1csc(NS(=O)(=O)CC)n1. The van der Waals surface area contributed by atoms with Gasteiger partial charge in [0.05, 0.1) is 5.75 Å². The van der Waals surface area contributed by atoms with Crippen molar-refractivity contribution in [2.75, 3.05) is 10.5 Å². The largest absolute Gasteiger partial charge is 0.503 e. The van der Waals surface area contributed by atoms with E-state index < -0.39 is 21.5 Å². The van der Waals surface area contributed by atoms with Crippen LogP contribution in [0.4, 0.5) is 5.13 Å². The number of carbonyl (C=O) groups excluding carboxylic acids is 1. The van der Waals surface area contributed by atoms with Crippen LogP contribution < -0.4 is 15.6 Å². The molecule has 0 aliphatic heterocycles. The molecule has 0 aromatic carbocycles. The summed E-state index contributed by atoms with van der Waals surface area (Å²) in [5, 5.41) is 14.5. The van der Waals surface area contributed by atoms with E-state index in [1.165, 1.54) is 18.5 Å². The number of sulfonamides is 1. The number of aromatic nitrogens is 2. The fourth-order valence-corrected chi connectivity index (χ4v) is 4.44. The second kappa shape index (κ2) is 11.1. The molecule has 1 unspecified atom stereocenters. The number of H-pyrrole nitrogens is 1. The number of nitrogens with one attached hydrogen (secondary N) is 3. The fraction of sp³-hybridized carbons (Fsp3) is 0.526. The summed E-state index contributed by atoms with van der Waals surface area (Å²) < 4.78 is 25.7. The van der Waals surface area contributed by atoms with Crippen LogP contribution in [0.25, 0.3) is 0 Å². The number of hydrogen-bond donors (Lipinski definition) is 4. The van der Waals surface area contributed by atoms with Gasteiger partial charge < -0.3 is 15.4 Å². The van der Waals surface area contributed by atoms with Crippen LogP contribution in [0.2, 0.25) is 0 Å². The summed E-state index contributed by atoms with van der Waals surface area (Å²) in [4.78, 5) is 30.8. The van der Waals surface area contributed by atoms with Gasteiger partial charge in [-0.25, -0.2) is 13.4 Å². The van der Waals surface area contributed by atoms with Gasteiger partial charge in [-0.1, -0.05) is 32.6 Å². The maximum atomic E-state index is 12.7. The third-order valence-electron chi connectivity index (χ3n) is 4.59. The number of aromatic hydroxyl groups is 1. The number of anilines is 1. The van der Waals surface area contributed by atoms with Gasteiger partial charge in [-0.15, -0.1) is 11.3 Å². The van der Waals surface area contributed by atoms with Gasteiger partial charge in [0, 0.05) is 23.2 Å². The highest BCUT2D eigenvalue weighted by molar-refractivity contribution is 7.92. The van der Waals surface area contributed by atoms with Crippen LogP contribution in [-0.2, 0) is 16.4 Å². The molecular weight excluding hydrogens is 428 g/mol. The number of pyridine rings is 1. The molecule has 0 saturated heterocycles. The lowest BCUT2D eigenvalue weighted by Crippen LogP contribution is -2.37. The topological polar surface area (TPSA) is 141 Å². The van der Waals surface area contributed by atoms with Crippen molar-refractivity contribution in [2.24, 2.45) is 0 Å². The Bertz CT molecular complexity index is 1000. The van der Waals surface area contributed by atoms with E-state index in [1.807, 2.05) is 0 Å². The van der Waals surface area contributed by atoms with Crippen LogP contribution in [0, 0.1) is 0 Å². The number of thiazole rings is 1. The van der Waals surface area contributed by atoms with Gasteiger partial charge in [0.2, 0.25) is 10.0 Å². The Morgan fingerprint density at radius 1 is 1.30 bits per heavy atom. The Morgan fingerprint density at radius 3 is 2.77 bits per heavy atom. The normalized spacial score (nSPS) is 12.5. The molecule has 0 bridgehead atoms. The lowest BCUT2D eigenvalue weighted by Gasteiger charge is -2.19. The van der Waals surface area contributed by atoms with E-state index in [-0.39, 0.29) is 28.4 Å². The van der Waals surface area contributed by atoms with Gasteiger partial charge in [0.25, 0.3) is 11.5 Å². The summed E-state index contributed by atoms with van der Waals surface area (Å²) in [7, 11) is -3.47. The zero-order chi connectivity index (χ0) is 22.1. The first-order valence-corrected chi connectivity index (χ1v) is 12.4. The van der Waals surface area contributed by atoms with Crippen LogP contribution >= 0.6 is 11.3 Å². The summed E-state index contributed by atoms with van der Waals surface area (Å²) in [6.07, 6.45) is 6.51. The van der Waals surface area contributed by atoms with Crippen molar-refractivity contribution >= 4 is 32.4 Å². The van der Waals surface area contributed by atoms with Gasteiger partial charge in [0.1, 0.15) is 5.69 Å².